The maximum atomic E-state index is 14.2. The van der Waals surface area contributed by atoms with E-state index in [4.69, 9.17) is 18.9 Å². The minimum absolute atomic E-state index is 0.289. The predicted octanol–water partition coefficient (Wildman–Crippen LogP) is 5.72. The van der Waals surface area contributed by atoms with Crippen molar-refractivity contribution in [1.82, 2.24) is 0 Å². The van der Waals surface area contributed by atoms with Gasteiger partial charge in [0.25, 0.3) is 0 Å². The zero-order valence-corrected chi connectivity index (χ0v) is 23.2. The Labute approximate surface area is 243 Å². The Balaban J connectivity index is 2.55. The van der Waals surface area contributed by atoms with Crippen LogP contribution in [0.2, 0.25) is 0 Å². The quantitative estimate of drug-likeness (QED) is 0.114. The lowest BCUT2D eigenvalue weighted by atomic mass is 9.72. The van der Waals surface area contributed by atoms with E-state index in [1.54, 1.807) is 12.1 Å². The van der Waals surface area contributed by atoms with E-state index in [1.807, 2.05) is 0 Å². The van der Waals surface area contributed by atoms with Crippen molar-refractivity contribution in [3.8, 4) is 0 Å². The average molecular weight is 621 g/mol. The molecular weight excluding hydrogens is 590 g/mol. The van der Waals surface area contributed by atoms with E-state index in [0.29, 0.717) is 0 Å². The van der Waals surface area contributed by atoms with Crippen molar-refractivity contribution in [1.29, 1.82) is 0 Å². The summed E-state index contributed by atoms with van der Waals surface area (Å²) >= 11 is 0. The molecule has 0 bridgehead atoms. The molecule has 2 atom stereocenters. The summed E-state index contributed by atoms with van der Waals surface area (Å²) in [5.74, 6) is -14.2. The maximum Gasteiger partial charge on any atom is 0.402 e. The molecule has 0 spiro atoms. The monoisotopic (exact) mass is 620 g/mol. The molecule has 0 aromatic heterocycles. The number of esters is 4. The minimum Gasteiger partial charge on any atom is -0.465 e. The van der Waals surface area contributed by atoms with Crippen LogP contribution in [0.5, 0.6) is 0 Å². The molecule has 0 aliphatic carbocycles. The van der Waals surface area contributed by atoms with Crippen LogP contribution in [0.25, 0.3) is 0 Å². The van der Waals surface area contributed by atoms with Gasteiger partial charge in [-0.05, 0) is 37.8 Å². The van der Waals surface area contributed by atoms with Gasteiger partial charge in [-0.25, -0.2) is 0 Å². The zero-order chi connectivity index (χ0) is 32.3. The highest BCUT2D eigenvalue weighted by Gasteiger charge is 2.62. The van der Waals surface area contributed by atoms with Gasteiger partial charge in [-0.2, -0.15) is 26.3 Å². The molecular formula is C29H30F6O8. The fourth-order valence-electron chi connectivity index (χ4n) is 4.06. The maximum absolute atomic E-state index is 14.2. The molecule has 0 N–H and O–H groups in total. The van der Waals surface area contributed by atoms with Crippen LogP contribution >= 0.6 is 0 Å². The number of benzene rings is 2. The van der Waals surface area contributed by atoms with Crippen LogP contribution in [0, 0.1) is 17.3 Å². The van der Waals surface area contributed by atoms with Gasteiger partial charge in [0.15, 0.2) is 17.3 Å². The zero-order valence-electron chi connectivity index (χ0n) is 23.2. The molecule has 8 nitrogen and oxygen atoms in total. The highest BCUT2D eigenvalue weighted by atomic mass is 19.4. The topological polar surface area (TPSA) is 105 Å². The summed E-state index contributed by atoms with van der Waals surface area (Å²) in [6.45, 7) is -0.0320. The van der Waals surface area contributed by atoms with Crippen LogP contribution in [0.4, 0.5) is 26.3 Å². The molecule has 0 saturated carbocycles. The number of ether oxygens (including phenoxy) is 4. The third-order valence-corrected chi connectivity index (χ3v) is 6.24. The average Bonchev–Trinajstić information content (AvgIpc) is 2.95. The van der Waals surface area contributed by atoms with Gasteiger partial charge >= 0.3 is 36.2 Å². The second kappa shape index (κ2) is 15.4. The Hall–Kier alpha value is -4.10. The van der Waals surface area contributed by atoms with E-state index >= 15 is 0 Å². The van der Waals surface area contributed by atoms with Crippen molar-refractivity contribution >= 4 is 23.9 Å². The summed E-state index contributed by atoms with van der Waals surface area (Å²) < 4.78 is 104. The van der Waals surface area contributed by atoms with Gasteiger partial charge in [-0.1, -0.05) is 60.7 Å². The molecule has 0 amide bonds. The first-order valence-corrected chi connectivity index (χ1v) is 13.0. The summed E-state index contributed by atoms with van der Waals surface area (Å²) in [6.07, 6.45) is -14.8. The van der Waals surface area contributed by atoms with E-state index in [9.17, 15) is 45.5 Å². The van der Waals surface area contributed by atoms with Crippen molar-refractivity contribution in [2.24, 2.45) is 17.3 Å². The summed E-state index contributed by atoms with van der Waals surface area (Å²) in [6, 6.07) is 15.0. The van der Waals surface area contributed by atoms with Crippen LogP contribution in [-0.4, -0.2) is 49.4 Å². The van der Waals surface area contributed by atoms with Crippen LogP contribution in [0.3, 0.4) is 0 Å². The number of carbonyl (C=O) groups excluding carboxylic acids is 4. The van der Waals surface area contributed by atoms with Crippen molar-refractivity contribution in [3.63, 3.8) is 0 Å². The van der Waals surface area contributed by atoms with Crippen molar-refractivity contribution in [3.05, 3.63) is 71.8 Å². The first-order valence-electron chi connectivity index (χ1n) is 13.0. The number of hydrogen-bond donors (Lipinski definition) is 0. The summed E-state index contributed by atoms with van der Waals surface area (Å²) in [5.41, 5.74) is -2.83. The van der Waals surface area contributed by atoms with Crippen LogP contribution in [0.15, 0.2) is 60.7 Å². The van der Waals surface area contributed by atoms with E-state index in [0.717, 1.165) is 0 Å². The molecule has 2 unspecified atom stereocenters. The Bertz CT molecular complexity index is 1120. The minimum atomic E-state index is -5.50. The Morgan fingerprint density at radius 3 is 1.19 bits per heavy atom. The fourth-order valence-corrected chi connectivity index (χ4v) is 4.06. The molecule has 2 aromatic carbocycles. The molecule has 0 aliphatic rings. The predicted molar refractivity (Wildman–Crippen MR) is 136 cm³/mol. The smallest absolute Gasteiger partial charge is 0.402 e. The number of alkyl halides is 6. The van der Waals surface area contributed by atoms with Crippen molar-refractivity contribution < 1.29 is 64.5 Å². The highest BCUT2D eigenvalue weighted by molar-refractivity contribution is 6.01. The fraction of sp³-hybridized carbons (Fsp3) is 0.448. The molecule has 0 fully saturated rings. The third-order valence-electron chi connectivity index (χ3n) is 6.24. The molecule has 2 aromatic rings. The normalized spacial score (nSPS) is 13.4. The number of halogens is 6. The van der Waals surface area contributed by atoms with Gasteiger partial charge in [0.2, 0.25) is 0 Å². The summed E-state index contributed by atoms with van der Waals surface area (Å²) in [4.78, 5) is 51.7. The summed E-state index contributed by atoms with van der Waals surface area (Å²) in [5, 5.41) is 0. The van der Waals surface area contributed by atoms with E-state index in [1.165, 1.54) is 62.4 Å². The first-order chi connectivity index (χ1) is 20.2. The Kier molecular flexibility index (Phi) is 12.6. The molecule has 14 heteroatoms. The SMILES string of the molecule is CCOC(=O)C(CC(C(=O)OCc1ccccc1)C(F)(F)F)(CC(C(=O)OCc1ccccc1)C(F)(F)F)C(=O)OCC. The van der Waals surface area contributed by atoms with Crippen LogP contribution < -0.4 is 0 Å². The van der Waals surface area contributed by atoms with E-state index < -0.39 is 92.7 Å². The van der Waals surface area contributed by atoms with Gasteiger partial charge in [0, 0.05) is 0 Å². The Morgan fingerprint density at radius 1 is 0.581 bits per heavy atom. The number of hydrogen-bond acceptors (Lipinski definition) is 8. The molecule has 0 saturated heterocycles. The first kappa shape index (κ1) is 35.1. The largest absolute Gasteiger partial charge is 0.465 e. The number of rotatable bonds is 14. The molecule has 0 aliphatic heterocycles. The van der Waals surface area contributed by atoms with Gasteiger partial charge in [0.1, 0.15) is 13.2 Å². The lowest BCUT2D eigenvalue weighted by Gasteiger charge is -2.34. The van der Waals surface area contributed by atoms with Gasteiger partial charge in [0.05, 0.1) is 13.2 Å². The third kappa shape index (κ3) is 10.00. The van der Waals surface area contributed by atoms with Crippen LogP contribution in [-0.2, 0) is 51.3 Å². The molecule has 0 heterocycles. The van der Waals surface area contributed by atoms with Gasteiger partial charge < -0.3 is 18.9 Å². The van der Waals surface area contributed by atoms with E-state index in [2.05, 4.69) is 0 Å². The van der Waals surface area contributed by atoms with Crippen LogP contribution in [0.1, 0.15) is 37.8 Å². The van der Waals surface area contributed by atoms with Gasteiger partial charge in [-0.15, -0.1) is 0 Å². The second-order valence-corrected chi connectivity index (χ2v) is 9.31. The Morgan fingerprint density at radius 2 is 0.907 bits per heavy atom. The van der Waals surface area contributed by atoms with Gasteiger partial charge in [-0.3, -0.25) is 19.2 Å². The molecule has 2 rings (SSSR count). The molecule has 236 valence electrons. The van der Waals surface area contributed by atoms with Crippen molar-refractivity contribution in [2.45, 2.75) is 52.3 Å². The standard InChI is InChI=1S/C29H30F6O8/c1-3-40-25(38)27(26(39)41-4-2,15-21(28(30,31)32)23(36)42-17-19-11-7-5-8-12-19)16-22(29(33,34)35)24(37)43-18-20-13-9-6-10-14-20/h5-14,21-22H,3-4,15-18H2,1-2H3. The lowest BCUT2D eigenvalue weighted by Crippen LogP contribution is -2.51. The lowest BCUT2D eigenvalue weighted by molar-refractivity contribution is -0.217. The second-order valence-electron chi connectivity index (χ2n) is 9.31. The number of carbonyl (C=O) groups is 4. The van der Waals surface area contributed by atoms with E-state index in [-0.39, 0.29) is 11.1 Å². The van der Waals surface area contributed by atoms with Crippen molar-refractivity contribution in [2.75, 3.05) is 13.2 Å². The highest BCUT2D eigenvalue weighted by Crippen LogP contribution is 2.46. The summed E-state index contributed by atoms with van der Waals surface area (Å²) in [7, 11) is 0. The molecule has 0 radical (unpaired) electrons. The molecule has 43 heavy (non-hydrogen) atoms.